The number of fused-ring (bicyclic) bond motifs is 2. The van der Waals surface area contributed by atoms with Crippen LogP contribution in [0.5, 0.6) is 0 Å². The first-order valence-corrected chi connectivity index (χ1v) is 9.46. The maximum atomic E-state index is 6.30. The predicted molar refractivity (Wildman–Crippen MR) is 106 cm³/mol. The van der Waals surface area contributed by atoms with Gasteiger partial charge in [-0.15, -0.1) is 5.10 Å². The van der Waals surface area contributed by atoms with Gasteiger partial charge in [0, 0.05) is 37.2 Å². The third-order valence-electron chi connectivity index (χ3n) is 5.41. The number of hydrogen-bond donors (Lipinski definition) is 2. The summed E-state index contributed by atoms with van der Waals surface area (Å²) in [6.07, 6.45) is 10.0. The maximum Gasteiger partial charge on any atom is 0.243 e. The van der Waals surface area contributed by atoms with Crippen LogP contribution in [0.1, 0.15) is 25.7 Å². The van der Waals surface area contributed by atoms with Crippen molar-refractivity contribution in [3.05, 3.63) is 36.8 Å². The van der Waals surface area contributed by atoms with Gasteiger partial charge < -0.3 is 15.8 Å². The Morgan fingerprint density at radius 1 is 1.07 bits per heavy atom. The first-order chi connectivity index (χ1) is 13.7. The molecule has 1 aliphatic rings. The van der Waals surface area contributed by atoms with Crippen molar-refractivity contribution in [2.75, 3.05) is 18.2 Å². The Morgan fingerprint density at radius 2 is 1.89 bits per heavy atom. The van der Waals surface area contributed by atoms with Crippen molar-refractivity contribution in [3.63, 3.8) is 0 Å². The van der Waals surface area contributed by atoms with Crippen LogP contribution < -0.4 is 11.1 Å². The number of nitrogens with one attached hydrogen (secondary N) is 1. The number of methoxy groups -OCH3 is 1. The van der Waals surface area contributed by atoms with Gasteiger partial charge in [-0.25, -0.2) is 14.0 Å². The van der Waals surface area contributed by atoms with Gasteiger partial charge in [-0.2, -0.15) is 10.1 Å². The normalized spacial score (nSPS) is 20.0. The molecule has 0 atom stereocenters. The first kappa shape index (κ1) is 16.9. The van der Waals surface area contributed by atoms with Crippen molar-refractivity contribution in [1.29, 1.82) is 0 Å². The van der Waals surface area contributed by atoms with Gasteiger partial charge in [-0.05, 0) is 37.8 Å². The fourth-order valence-corrected chi connectivity index (χ4v) is 3.91. The monoisotopic (exact) mass is 378 g/mol. The zero-order valence-electron chi connectivity index (χ0n) is 15.6. The lowest BCUT2D eigenvalue weighted by Crippen LogP contribution is -2.30. The van der Waals surface area contributed by atoms with Gasteiger partial charge in [0.25, 0.3) is 0 Å². The molecule has 28 heavy (non-hydrogen) atoms. The van der Waals surface area contributed by atoms with Crippen LogP contribution in [0.3, 0.4) is 0 Å². The van der Waals surface area contributed by atoms with Crippen LogP contribution in [0.2, 0.25) is 0 Å². The number of nitrogens with zero attached hydrogens (tertiary/aromatic N) is 6. The molecule has 0 unspecified atom stereocenters. The summed E-state index contributed by atoms with van der Waals surface area (Å²) in [6, 6.07) is 6.07. The van der Waals surface area contributed by atoms with E-state index in [1.807, 2.05) is 30.6 Å². The van der Waals surface area contributed by atoms with Crippen LogP contribution in [0.4, 0.5) is 11.8 Å². The summed E-state index contributed by atoms with van der Waals surface area (Å²) in [4.78, 5) is 9.15. The molecule has 4 aromatic heterocycles. The second-order valence-corrected chi connectivity index (χ2v) is 7.14. The van der Waals surface area contributed by atoms with Crippen molar-refractivity contribution in [2.45, 2.75) is 37.8 Å². The van der Waals surface area contributed by atoms with Gasteiger partial charge in [0.15, 0.2) is 11.5 Å². The number of rotatable bonds is 4. The summed E-state index contributed by atoms with van der Waals surface area (Å²) in [5, 5.41) is 12.2. The fraction of sp³-hybridized carbons (Fsp3) is 0.368. The lowest BCUT2D eigenvalue weighted by atomic mass is 9.93. The summed E-state index contributed by atoms with van der Waals surface area (Å²) >= 11 is 0. The zero-order chi connectivity index (χ0) is 19.1. The van der Waals surface area contributed by atoms with Gasteiger partial charge in [0.2, 0.25) is 5.95 Å². The average Bonchev–Trinajstić information content (AvgIpc) is 3.35. The molecule has 9 nitrogen and oxygen atoms in total. The molecule has 0 aromatic carbocycles. The molecule has 0 aliphatic heterocycles. The highest BCUT2D eigenvalue weighted by molar-refractivity contribution is 5.86. The van der Waals surface area contributed by atoms with E-state index in [0.717, 1.165) is 48.1 Å². The Kier molecular flexibility index (Phi) is 4.09. The molecule has 1 fully saturated rings. The van der Waals surface area contributed by atoms with Crippen molar-refractivity contribution in [3.8, 4) is 11.3 Å². The van der Waals surface area contributed by atoms with Crippen LogP contribution >= 0.6 is 0 Å². The zero-order valence-corrected chi connectivity index (χ0v) is 15.6. The maximum absolute atomic E-state index is 6.30. The molecule has 0 radical (unpaired) electrons. The molecule has 1 saturated carbocycles. The number of aromatic nitrogens is 6. The minimum atomic E-state index is 0.337. The first-order valence-electron chi connectivity index (χ1n) is 9.46. The average molecular weight is 378 g/mol. The third-order valence-corrected chi connectivity index (χ3v) is 5.41. The van der Waals surface area contributed by atoms with Gasteiger partial charge in [-0.3, -0.25) is 0 Å². The Morgan fingerprint density at radius 3 is 2.71 bits per heavy atom. The summed E-state index contributed by atoms with van der Waals surface area (Å²) in [5.41, 5.74) is 9.54. The highest BCUT2D eigenvalue weighted by atomic mass is 16.5. The van der Waals surface area contributed by atoms with E-state index in [1.54, 1.807) is 22.3 Å². The second kappa shape index (κ2) is 6.75. The number of hydrogen-bond acceptors (Lipinski definition) is 7. The highest BCUT2D eigenvalue weighted by Crippen LogP contribution is 2.29. The van der Waals surface area contributed by atoms with Crippen LogP contribution in [-0.4, -0.2) is 48.5 Å². The van der Waals surface area contributed by atoms with Crippen molar-refractivity contribution in [1.82, 2.24) is 29.2 Å². The third kappa shape index (κ3) is 2.93. The van der Waals surface area contributed by atoms with Gasteiger partial charge in [0.05, 0.1) is 18.0 Å². The summed E-state index contributed by atoms with van der Waals surface area (Å²) in [5.74, 6) is 0.977. The minimum absolute atomic E-state index is 0.337. The fourth-order valence-electron chi connectivity index (χ4n) is 3.91. The van der Waals surface area contributed by atoms with E-state index < -0.39 is 0 Å². The van der Waals surface area contributed by atoms with Gasteiger partial charge >= 0.3 is 0 Å². The van der Waals surface area contributed by atoms with Gasteiger partial charge in [0.1, 0.15) is 5.52 Å². The molecule has 4 heterocycles. The quantitative estimate of drug-likeness (QED) is 0.561. The largest absolute Gasteiger partial charge is 0.382 e. The number of ether oxygens (including phenoxy) is 1. The van der Waals surface area contributed by atoms with Crippen LogP contribution in [0.15, 0.2) is 36.8 Å². The molecular formula is C19H22N8O. The molecule has 3 N–H and O–H groups in total. The molecule has 144 valence electrons. The van der Waals surface area contributed by atoms with Crippen molar-refractivity contribution < 1.29 is 4.74 Å². The highest BCUT2D eigenvalue weighted by Gasteiger charge is 2.22. The molecule has 0 spiro atoms. The Labute approximate surface area is 161 Å². The smallest absolute Gasteiger partial charge is 0.243 e. The number of anilines is 2. The Balaban J connectivity index is 1.44. The van der Waals surface area contributed by atoms with E-state index in [1.165, 1.54) is 0 Å². The van der Waals surface area contributed by atoms with E-state index in [0.29, 0.717) is 23.9 Å². The Hall–Kier alpha value is -3.20. The lowest BCUT2D eigenvalue weighted by molar-refractivity contribution is 0.0681. The minimum Gasteiger partial charge on any atom is -0.382 e. The van der Waals surface area contributed by atoms with E-state index in [2.05, 4.69) is 25.5 Å². The molecule has 0 amide bonds. The summed E-state index contributed by atoms with van der Waals surface area (Å²) in [7, 11) is 1.78. The predicted octanol–water partition coefficient (Wildman–Crippen LogP) is 2.39. The number of nitrogens with two attached hydrogens (primary N) is 1. The van der Waals surface area contributed by atoms with E-state index >= 15 is 0 Å². The van der Waals surface area contributed by atoms with E-state index in [9.17, 15) is 0 Å². The van der Waals surface area contributed by atoms with Crippen molar-refractivity contribution in [2.24, 2.45) is 0 Å². The number of nitrogen functional groups attached to an aromatic ring is 1. The molecule has 5 rings (SSSR count). The summed E-state index contributed by atoms with van der Waals surface area (Å²) in [6.45, 7) is 0. The van der Waals surface area contributed by atoms with Gasteiger partial charge in [-0.1, -0.05) is 0 Å². The molecule has 4 aromatic rings. The Bertz CT molecular complexity index is 1130. The van der Waals surface area contributed by atoms with E-state index in [-0.39, 0.29) is 0 Å². The SMILES string of the molecule is COC1CCC(Nc2nc(N)c3c(-c4ccn5nccc5n4)ccn3n2)CC1. The molecule has 0 saturated heterocycles. The van der Waals surface area contributed by atoms with Crippen LogP contribution in [-0.2, 0) is 4.74 Å². The lowest BCUT2D eigenvalue weighted by Gasteiger charge is -2.28. The topological polar surface area (TPSA) is 108 Å². The molecule has 0 bridgehead atoms. The van der Waals surface area contributed by atoms with Crippen LogP contribution in [0, 0.1) is 0 Å². The van der Waals surface area contributed by atoms with Crippen LogP contribution in [0.25, 0.3) is 22.4 Å². The standard InChI is InChI=1S/C19H22N8O/c1-28-13-4-2-12(3-5-13)22-19-24-18(20)17-14(7-10-27(17)25-19)15-8-11-26-16(23-15)6-9-21-26/h6-13H,2-5H2,1H3,(H3,20,22,24,25). The molecule has 1 aliphatic carbocycles. The summed E-state index contributed by atoms with van der Waals surface area (Å²) < 4.78 is 8.93. The second-order valence-electron chi connectivity index (χ2n) is 7.14. The van der Waals surface area contributed by atoms with Crippen molar-refractivity contribution >= 4 is 22.9 Å². The van der Waals surface area contributed by atoms with E-state index in [4.69, 9.17) is 10.5 Å². The molecular weight excluding hydrogens is 356 g/mol. The molecule has 9 heteroatoms.